The lowest BCUT2D eigenvalue weighted by molar-refractivity contribution is 0.157. The molecule has 0 saturated heterocycles. The molecular weight excluding hydrogens is 231 g/mol. The summed E-state index contributed by atoms with van der Waals surface area (Å²) in [6, 6.07) is 7.64. The molecular formula is C11H16ClO2P. The van der Waals surface area contributed by atoms with Crippen LogP contribution in [0.3, 0.4) is 0 Å². The standard InChI is InChI=1S/C11H16ClO2P/c1-11(2,3)14-15(12)10-7-5-9(13-4)6-8-10/h5-8H,1-4H3. The highest BCUT2D eigenvalue weighted by Crippen LogP contribution is 2.45. The van der Waals surface area contributed by atoms with E-state index in [1.54, 1.807) is 7.11 Å². The van der Waals surface area contributed by atoms with Crippen molar-refractivity contribution in [1.82, 2.24) is 0 Å². The Kier molecular flexibility index (Phi) is 4.39. The molecule has 1 rings (SSSR count). The Morgan fingerprint density at radius 1 is 1.13 bits per heavy atom. The van der Waals surface area contributed by atoms with E-state index < -0.39 is 7.50 Å². The normalized spacial score (nSPS) is 13.7. The van der Waals surface area contributed by atoms with Crippen LogP contribution in [0.4, 0.5) is 0 Å². The van der Waals surface area contributed by atoms with Crippen LogP contribution >= 0.6 is 18.7 Å². The number of hydrogen-bond donors (Lipinski definition) is 0. The highest BCUT2D eigenvalue weighted by molar-refractivity contribution is 7.86. The van der Waals surface area contributed by atoms with E-state index in [4.69, 9.17) is 20.5 Å². The third-order valence-electron chi connectivity index (χ3n) is 1.63. The quantitative estimate of drug-likeness (QED) is 0.758. The zero-order chi connectivity index (χ0) is 11.5. The molecule has 0 amide bonds. The first-order valence-electron chi connectivity index (χ1n) is 4.71. The van der Waals surface area contributed by atoms with Crippen LogP contribution in [-0.4, -0.2) is 12.7 Å². The average molecular weight is 247 g/mol. The minimum atomic E-state index is -1.06. The summed E-state index contributed by atoms with van der Waals surface area (Å²) >= 11 is 6.19. The molecule has 0 aliphatic rings. The molecule has 0 aliphatic heterocycles. The zero-order valence-corrected chi connectivity index (χ0v) is 11.1. The monoisotopic (exact) mass is 246 g/mol. The van der Waals surface area contributed by atoms with Gasteiger partial charge in [0.05, 0.1) is 12.7 Å². The minimum absolute atomic E-state index is 0.215. The van der Waals surface area contributed by atoms with Gasteiger partial charge in [0.25, 0.3) is 0 Å². The second-order valence-corrected chi connectivity index (χ2v) is 6.26. The molecule has 15 heavy (non-hydrogen) atoms. The van der Waals surface area contributed by atoms with E-state index in [1.807, 2.05) is 45.0 Å². The number of benzene rings is 1. The van der Waals surface area contributed by atoms with E-state index in [-0.39, 0.29) is 5.60 Å². The molecule has 1 unspecified atom stereocenters. The van der Waals surface area contributed by atoms with Gasteiger partial charge in [-0.3, -0.25) is 0 Å². The molecule has 0 N–H and O–H groups in total. The molecule has 4 heteroatoms. The van der Waals surface area contributed by atoms with Crippen LogP contribution in [0.15, 0.2) is 24.3 Å². The van der Waals surface area contributed by atoms with Crippen LogP contribution in [0.2, 0.25) is 0 Å². The van der Waals surface area contributed by atoms with Gasteiger partial charge in [-0.2, -0.15) is 0 Å². The second-order valence-electron chi connectivity index (χ2n) is 4.15. The van der Waals surface area contributed by atoms with Crippen LogP contribution in [0.5, 0.6) is 5.75 Å². The van der Waals surface area contributed by atoms with Gasteiger partial charge in [-0.05, 0) is 45.0 Å². The Balaban J connectivity index is 2.70. The predicted molar refractivity (Wildman–Crippen MR) is 66.2 cm³/mol. The Hall–Kier alpha value is -0.300. The van der Waals surface area contributed by atoms with Gasteiger partial charge in [0.1, 0.15) is 5.75 Å². The lowest BCUT2D eigenvalue weighted by Crippen LogP contribution is -2.17. The fourth-order valence-electron chi connectivity index (χ4n) is 0.993. The van der Waals surface area contributed by atoms with Gasteiger partial charge in [-0.25, -0.2) is 0 Å². The molecule has 84 valence electrons. The van der Waals surface area contributed by atoms with E-state index in [1.165, 1.54) is 0 Å². The van der Waals surface area contributed by atoms with E-state index in [0.717, 1.165) is 11.1 Å². The van der Waals surface area contributed by atoms with Crippen LogP contribution in [-0.2, 0) is 4.52 Å². The maximum atomic E-state index is 6.19. The summed E-state index contributed by atoms with van der Waals surface area (Å²) in [7, 11) is 0.579. The molecule has 0 fully saturated rings. The average Bonchev–Trinajstić information content (AvgIpc) is 2.15. The van der Waals surface area contributed by atoms with Crippen molar-refractivity contribution in [2.75, 3.05) is 7.11 Å². The largest absolute Gasteiger partial charge is 0.497 e. The molecule has 0 heterocycles. The van der Waals surface area contributed by atoms with Crippen molar-refractivity contribution in [2.24, 2.45) is 0 Å². The predicted octanol–water partition coefficient (Wildman–Crippen LogP) is 3.69. The first-order chi connectivity index (χ1) is 6.92. The molecule has 0 spiro atoms. The number of halogens is 1. The van der Waals surface area contributed by atoms with Crippen molar-refractivity contribution < 1.29 is 9.26 Å². The van der Waals surface area contributed by atoms with Gasteiger partial charge in [-0.15, -0.1) is 0 Å². The zero-order valence-electron chi connectivity index (χ0n) is 9.45. The fourth-order valence-corrected chi connectivity index (χ4v) is 2.92. The molecule has 0 saturated carbocycles. The van der Waals surface area contributed by atoms with Gasteiger partial charge in [-0.1, -0.05) is 11.2 Å². The van der Waals surface area contributed by atoms with Crippen molar-refractivity contribution in [2.45, 2.75) is 26.4 Å². The Morgan fingerprint density at radius 3 is 2.07 bits per heavy atom. The molecule has 0 aliphatic carbocycles. The summed E-state index contributed by atoms with van der Waals surface area (Å²) in [5.41, 5.74) is -0.215. The fraction of sp³-hybridized carbons (Fsp3) is 0.455. The Morgan fingerprint density at radius 2 is 1.67 bits per heavy atom. The van der Waals surface area contributed by atoms with Crippen molar-refractivity contribution >= 4 is 24.0 Å². The summed E-state index contributed by atoms with van der Waals surface area (Å²) < 4.78 is 10.8. The van der Waals surface area contributed by atoms with Crippen molar-refractivity contribution in [3.63, 3.8) is 0 Å². The smallest absolute Gasteiger partial charge is 0.157 e. The number of methoxy groups -OCH3 is 1. The first kappa shape index (κ1) is 12.8. The molecule has 2 nitrogen and oxygen atoms in total. The maximum Gasteiger partial charge on any atom is 0.157 e. The summed E-state index contributed by atoms with van der Waals surface area (Å²) in [6.07, 6.45) is 0. The van der Waals surface area contributed by atoms with Gasteiger partial charge >= 0.3 is 0 Å². The van der Waals surface area contributed by atoms with Crippen LogP contribution < -0.4 is 10.0 Å². The number of ether oxygens (including phenoxy) is 1. The van der Waals surface area contributed by atoms with Crippen LogP contribution in [0, 0.1) is 0 Å². The van der Waals surface area contributed by atoms with Crippen molar-refractivity contribution in [1.29, 1.82) is 0 Å². The van der Waals surface area contributed by atoms with Gasteiger partial charge in [0, 0.05) is 5.30 Å². The Bertz CT molecular complexity index is 305. The highest BCUT2D eigenvalue weighted by atomic mass is 35.7. The summed E-state index contributed by atoms with van der Waals surface area (Å²) in [4.78, 5) is 0. The molecule has 0 radical (unpaired) electrons. The summed E-state index contributed by atoms with van der Waals surface area (Å²) in [5, 5.41) is 1.00. The van der Waals surface area contributed by atoms with E-state index in [9.17, 15) is 0 Å². The molecule has 1 aromatic rings. The number of hydrogen-bond acceptors (Lipinski definition) is 2. The lowest BCUT2D eigenvalue weighted by atomic mass is 10.2. The SMILES string of the molecule is COc1ccc(P(Cl)OC(C)(C)C)cc1. The van der Waals surface area contributed by atoms with E-state index in [0.29, 0.717) is 0 Å². The summed E-state index contributed by atoms with van der Waals surface area (Å²) in [5.74, 6) is 0.828. The van der Waals surface area contributed by atoms with Crippen LogP contribution in [0.1, 0.15) is 20.8 Å². The third-order valence-corrected chi connectivity index (χ3v) is 3.83. The topological polar surface area (TPSA) is 18.5 Å². The van der Waals surface area contributed by atoms with E-state index in [2.05, 4.69) is 0 Å². The van der Waals surface area contributed by atoms with Crippen molar-refractivity contribution in [3.8, 4) is 5.75 Å². The molecule has 0 aromatic heterocycles. The maximum absolute atomic E-state index is 6.19. The lowest BCUT2D eigenvalue weighted by Gasteiger charge is -2.23. The molecule has 1 aromatic carbocycles. The van der Waals surface area contributed by atoms with E-state index >= 15 is 0 Å². The molecule has 0 bridgehead atoms. The Labute approximate surface area is 97.2 Å². The highest BCUT2D eigenvalue weighted by Gasteiger charge is 2.18. The van der Waals surface area contributed by atoms with Crippen molar-refractivity contribution in [3.05, 3.63) is 24.3 Å². The second kappa shape index (κ2) is 5.16. The minimum Gasteiger partial charge on any atom is -0.497 e. The van der Waals surface area contributed by atoms with Gasteiger partial charge < -0.3 is 9.26 Å². The first-order valence-corrected chi connectivity index (χ1v) is 6.88. The summed E-state index contributed by atoms with van der Waals surface area (Å²) in [6.45, 7) is 5.98. The van der Waals surface area contributed by atoms with Gasteiger partial charge in [0.2, 0.25) is 0 Å². The van der Waals surface area contributed by atoms with Gasteiger partial charge in [0.15, 0.2) is 7.50 Å². The number of rotatable bonds is 3. The third kappa shape index (κ3) is 4.38. The van der Waals surface area contributed by atoms with Crippen LogP contribution in [0.25, 0.3) is 0 Å². The molecule has 1 atom stereocenters.